The van der Waals surface area contributed by atoms with Gasteiger partial charge < -0.3 is 0 Å². The van der Waals surface area contributed by atoms with Crippen molar-refractivity contribution < 1.29 is 26.3 Å². The highest BCUT2D eigenvalue weighted by molar-refractivity contribution is 5.26. The van der Waals surface area contributed by atoms with Gasteiger partial charge in [0.2, 0.25) is 0 Å². The molecule has 196 valence electrons. The van der Waals surface area contributed by atoms with E-state index in [9.17, 15) is 8.78 Å². The topological polar surface area (TPSA) is 0 Å². The zero-order valence-corrected chi connectivity index (χ0v) is 20.6. The van der Waals surface area contributed by atoms with Crippen LogP contribution < -0.4 is 0 Å². The Hall–Kier alpha value is -1.72. The Labute approximate surface area is 205 Å². The van der Waals surface area contributed by atoms with Gasteiger partial charge in [-0.1, -0.05) is 42.5 Å². The van der Waals surface area contributed by atoms with Gasteiger partial charge in [-0.2, -0.15) is 17.6 Å². The lowest BCUT2D eigenvalue weighted by atomic mass is 9.69. The molecular weight excluding hydrogens is 462 g/mol. The highest BCUT2D eigenvalue weighted by Gasteiger charge is 2.70. The Morgan fingerprint density at radius 1 is 0.914 bits per heavy atom. The third-order valence-corrected chi connectivity index (χ3v) is 8.12. The second kappa shape index (κ2) is 11.6. The van der Waals surface area contributed by atoms with E-state index < -0.39 is 48.4 Å². The zero-order chi connectivity index (χ0) is 25.7. The normalized spacial score (nSPS) is 27.7. The summed E-state index contributed by atoms with van der Waals surface area (Å²) in [5.41, 5.74) is 2.21. The first kappa shape index (κ1) is 27.9. The average Bonchev–Trinajstić information content (AvgIpc) is 2.82. The van der Waals surface area contributed by atoms with Gasteiger partial charge >= 0.3 is 11.8 Å². The number of halogens is 6. The van der Waals surface area contributed by atoms with E-state index in [0.29, 0.717) is 25.7 Å². The Morgan fingerprint density at radius 3 is 2.14 bits per heavy atom. The lowest BCUT2D eigenvalue weighted by molar-refractivity contribution is -0.305. The van der Waals surface area contributed by atoms with Crippen LogP contribution in [-0.4, -0.2) is 17.8 Å². The molecule has 2 aliphatic rings. The van der Waals surface area contributed by atoms with Crippen LogP contribution in [0.2, 0.25) is 0 Å². The molecule has 0 spiro atoms. The molecule has 1 aromatic rings. The molecule has 6 heteroatoms. The summed E-state index contributed by atoms with van der Waals surface area (Å²) in [6.07, 6.45) is 7.83. The van der Waals surface area contributed by atoms with E-state index in [1.54, 1.807) is 6.08 Å². The third-order valence-electron chi connectivity index (χ3n) is 8.12. The van der Waals surface area contributed by atoms with Gasteiger partial charge in [-0.25, -0.2) is 8.78 Å². The van der Waals surface area contributed by atoms with Crippen molar-refractivity contribution in [2.24, 2.45) is 17.8 Å². The van der Waals surface area contributed by atoms with Gasteiger partial charge in [0.1, 0.15) is 0 Å². The molecule has 0 amide bonds. The smallest absolute Gasteiger partial charge is 0.206 e. The Balaban J connectivity index is 1.61. The monoisotopic (exact) mass is 500 g/mol. The molecule has 0 aliphatic heterocycles. The molecule has 35 heavy (non-hydrogen) atoms. The number of alkyl halides is 6. The number of hydrogen-bond acceptors (Lipinski definition) is 0. The minimum absolute atomic E-state index is 0.0296. The van der Waals surface area contributed by atoms with Crippen molar-refractivity contribution in [3.05, 3.63) is 60.2 Å². The fourth-order valence-corrected chi connectivity index (χ4v) is 5.96. The van der Waals surface area contributed by atoms with Gasteiger partial charge in [0, 0.05) is 12.3 Å². The molecule has 3 rings (SSSR count). The highest BCUT2D eigenvalue weighted by Crippen LogP contribution is 2.57. The van der Waals surface area contributed by atoms with E-state index in [-0.39, 0.29) is 25.2 Å². The maximum Gasteiger partial charge on any atom is 0.318 e. The molecule has 0 aromatic heterocycles. The third kappa shape index (κ3) is 6.35. The molecule has 0 saturated heterocycles. The summed E-state index contributed by atoms with van der Waals surface area (Å²) in [4.78, 5) is 0. The van der Waals surface area contributed by atoms with Crippen LogP contribution in [0.25, 0.3) is 0 Å². The molecule has 0 radical (unpaired) electrons. The first-order valence-electron chi connectivity index (χ1n) is 13.0. The first-order chi connectivity index (χ1) is 16.5. The van der Waals surface area contributed by atoms with Crippen LogP contribution in [0.1, 0.15) is 88.2 Å². The van der Waals surface area contributed by atoms with Crippen molar-refractivity contribution in [2.75, 3.05) is 0 Å². The van der Waals surface area contributed by atoms with Gasteiger partial charge in [-0.05, 0) is 94.1 Å². The molecule has 2 aliphatic carbocycles. The summed E-state index contributed by atoms with van der Waals surface area (Å²) in [5, 5.41) is 0. The molecule has 2 unspecified atom stereocenters. The highest BCUT2D eigenvalue weighted by atomic mass is 19.3. The molecule has 0 nitrogen and oxygen atoms in total. The maximum atomic E-state index is 15.1. The Bertz CT molecular complexity index is 833. The zero-order valence-electron chi connectivity index (χ0n) is 20.6. The average molecular weight is 501 g/mol. The quantitative estimate of drug-likeness (QED) is 0.222. The van der Waals surface area contributed by atoms with E-state index in [1.165, 1.54) is 5.56 Å². The number of hydrogen-bond donors (Lipinski definition) is 0. The minimum atomic E-state index is -4.73. The molecule has 0 N–H and O–H groups in total. The van der Waals surface area contributed by atoms with Crippen molar-refractivity contribution in [2.45, 2.75) is 101 Å². The van der Waals surface area contributed by atoms with Crippen LogP contribution in [0.3, 0.4) is 0 Å². The second-order valence-corrected chi connectivity index (χ2v) is 10.5. The molecule has 2 fully saturated rings. The van der Waals surface area contributed by atoms with E-state index in [2.05, 4.69) is 12.7 Å². The van der Waals surface area contributed by atoms with Crippen LogP contribution in [0.5, 0.6) is 0 Å². The number of allylic oxidation sites excluding steroid dienone is 3. The predicted octanol–water partition coefficient (Wildman–Crippen LogP) is 9.76. The predicted molar refractivity (Wildman–Crippen MR) is 129 cm³/mol. The Morgan fingerprint density at radius 2 is 1.57 bits per heavy atom. The van der Waals surface area contributed by atoms with Crippen molar-refractivity contribution in [1.82, 2.24) is 0 Å². The largest absolute Gasteiger partial charge is 0.318 e. The summed E-state index contributed by atoms with van der Waals surface area (Å²) in [6, 6.07) is 8.05. The molecule has 2 atom stereocenters. The number of aryl methyl sites for hydroxylation is 1. The van der Waals surface area contributed by atoms with Gasteiger partial charge in [0.05, 0.1) is 5.92 Å². The van der Waals surface area contributed by atoms with E-state index in [1.807, 2.05) is 37.3 Å². The van der Waals surface area contributed by atoms with E-state index >= 15 is 17.6 Å². The van der Waals surface area contributed by atoms with Crippen molar-refractivity contribution in [3.63, 3.8) is 0 Å². The lowest BCUT2D eigenvalue weighted by Crippen LogP contribution is -2.58. The summed E-state index contributed by atoms with van der Waals surface area (Å²) < 4.78 is 89.9. The molecule has 0 bridgehead atoms. The minimum Gasteiger partial charge on any atom is -0.206 e. The lowest BCUT2D eigenvalue weighted by Gasteiger charge is -2.45. The second-order valence-electron chi connectivity index (χ2n) is 10.5. The van der Waals surface area contributed by atoms with Crippen LogP contribution in [0.15, 0.2) is 49.1 Å². The van der Waals surface area contributed by atoms with E-state index in [0.717, 1.165) is 18.4 Å². The van der Waals surface area contributed by atoms with Gasteiger partial charge in [-0.3, -0.25) is 0 Å². The number of benzene rings is 1. The summed E-state index contributed by atoms with van der Waals surface area (Å²) in [5.74, 6) is -17.6. The summed E-state index contributed by atoms with van der Waals surface area (Å²) in [7, 11) is 0. The SMILES string of the molecule is C=CCCC1CCC(C(F)(F)C(F)(F)C2CCC(c3ccc(CC/C=C/C)cc3)CC2)C(F)(F)C1. The molecular formula is C29H38F6. The fraction of sp³-hybridized carbons (Fsp3) is 0.655. The molecule has 2 saturated carbocycles. The molecule has 0 heterocycles. The first-order valence-corrected chi connectivity index (χ1v) is 13.0. The number of rotatable bonds is 10. The van der Waals surface area contributed by atoms with Gasteiger partial charge in [-0.15, -0.1) is 6.58 Å². The van der Waals surface area contributed by atoms with E-state index in [4.69, 9.17) is 0 Å². The van der Waals surface area contributed by atoms with Crippen molar-refractivity contribution in [3.8, 4) is 0 Å². The Kier molecular flexibility index (Phi) is 9.20. The van der Waals surface area contributed by atoms with Crippen LogP contribution in [0, 0.1) is 17.8 Å². The fourth-order valence-electron chi connectivity index (χ4n) is 5.96. The van der Waals surface area contributed by atoms with Crippen LogP contribution in [-0.2, 0) is 6.42 Å². The van der Waals surface area contributed by atoms with Crippen molar-refractivity contribution in [1.29, 1.82) is 0 Å². The summed E-state index contributed by atoms with van der Waals surface area (Å²) >= 11 is 0. The van der Waals surface area contributed by atoms with Crippen LogP contribution >= 0.6 is 0 Å². The maximum absolute atomic E-state index is 15.1. The summed E-state index contributed by atoms with van der Waals surface area (Å²) in [6.45, 7) is 5.53. The van der Waals surface area contributed by atoms with Gasteiger partial charge in [0.15, 0.2) is 0 Å². The standard InChI is InChI=1S/C29H38F6/c1-3-5-7-9-21-10-13-23(14-11-21)24-15-17-25(18-16-24)28(32,33)29(34,35)26-19-12-22(8-6-4-2)20-27(26,30)31/h3-5,10-11,13-14,22,24-26H,2,6-9,12,15-20H2,1H3/b5-3+. The van der Waals surface area contributed by atoms with Crippen LogP contribution in [0.4, 0.5) is 26.3 Å². The van der Waals surface area contributed by atoms with Crippen molar-refractivity contribution >= 4 is 0 Å². The van der Waals surface area contributed by atoms with Gasteiger partial charge in [0.25, 0.3) is 5.92 Å². The molecule has 1 aromatic carbocycles.